The summed E-state index contributed by atoms with van der Waals surface area (Å²) in [5.74, 6) is 0.752. The summed E-state index contributed by atoms with van der Waals surface area (Å²) < 4.78 is 5.20. The van der Waals surface area contributed by atoms with Gasteiger partial charge in [-0.25, -0.2) is 0 Å². The van der Waals surface area contributed by atoms with Crippen molar-refractivity contribution >= 4 is 21.8 Å². The predicted molar refractivity (Wildman–Crippen MR) is 78.4 cm³/mol. The number of amides is 1. The van der Waals surface area contributed by atoms with E-state index in [0.717, 1.165) is 16.7 Å². The van der Waals surface area contributed by atoms with Crippen LogP contribution in [0, 0.1) is 6.92 Å². The van der Waals surface area contributed by atoms with Crippen LogP contribution in [0.25, 0.3) is 0 Å². The van der Waals surface area contributed by atoms with Gasteiger partial charge in [-0.1, -0.05) is 46.3 Å². The normalized spacial score (nSPS) is 10.4. The molecule has 0 unspecified atom stereocenters. The van der Waals surface area contributed by atoms with Crippen molar-refractivity contribution in [2.75, 3.05) is 11.9 Å². The molecule has 1 amide bonds. The first-order chi connectivity index (χ1) is 9.20. The molecule has 0 aliphatic carbocycles. The zero-order valence-corrected chi connectivity index (χ0v) is 12.4. The van der Waals surface area contributed by atoms with Gasteiger partial charge < -0.3 is 9.32 Å². The van der Waals surface area contributed by atoms with E-state index in [1.807, 2.05) is 42.2 Å². The number of alkyl halides is 1. The summed E-state index contributed by atoms with van der Waals surface area (Å²) >= 11 is 3.39. The van der Waals surface area contributed by atoms with Crippen molar-refractivity contribution in [1.29, 1.82) is 0 Å². The van der Waals surface area contributed by atoms with Crippen LogP contribution in [0.4, 0.5) is 0 Å². The van der Waals surface area contributed by atoms with E-state index in [9.17, 15) is 4.79 Å². The van der Waals surface area contributed by atoms with Crippen molar-refractivity contribution in [3.05, 3.63) is 59.5 Å². The number of benzene rings is 1. The third kappa shape index (κ3) is 3.70. The topological polar surface area (TPSA) is 33.5 Å². The van der Waals surface area contributed by atoms with Gasteiger partial charge in [0.05, 0.1) is 5.56 Å². The van der Waals surface area contributed by atoms with Gasteiger partial charge in [0, 0.05) is 18.4 Å². The molecule has 0 fully saturated rings. The van der Waals surface area contributed by atoms with Crippen LogP contribution < -0.4 is 0 Å². The molecule has 0 spiro atoms. The van der Waals surface area contributed by atoms with Crippen molar-refractivity contribution in [3.63, 3.8) is 0 Å². The van der Waals surface area contributed by atoms with E-state index in [1.54, 1.807) is 6.07 Å². The van der Waals surface area contributed by atoms with E-state index in [4.69, 9.17) is 4.42 Å². The van der Waals surface area contributed by atoms with Crippen molar-refractivity contribution in [3.8, 4) is 0 Å². The molecular formula is C15H16BrNO2. The number of carbonyl (C=O) groups is 1. The number of aryl methyl sites for hydroxylation is 1. The third-order valence-electron chi connectivity index (χ3n) is 2.84. The lowest BCUT2D eigenvalue weighted by molar-refractivity contribution is 0.0754. The van der Waals surface area contributed by atoms with Crippen molar-refractivity contribution in [2.24, 2.45) is 0 Å². The van der Waals surface area contributed by atoms with Crippen LogP contribution in [0.1, 0.15) is 21.7 Å². The minimum absolute atomic E-state index is 0.000142. The molecule has 1 aromatic heterocycles. The molecule has 0 aliphatic heterocycles. The predicted octanol–water partition coefficient (Wildman–Crippen LogP) is 3.63. The van der Waals surface area contributed by atoms with Gasteiger partial charge in [0.25, 0.3) is 5.91 Å². The Morgan fingerprint density at radius 1 is 1.32 bits per heavy atom. The summed E-state index contributed by atoms with van der Waals surface area (Å²) in [7, 11) is 0. The number of hydrogen-bond acceptors (Lipinski definition) is 2. The maximum absolute atomic E-state index is 12.4. The summed E-state index contributed by atoms with van der Waals surface area (Å²) in [6, 6.07) is 11.8. The van der Waals surface area contributed by atoms with Crippen LogP contribution in [0.15, 0.2) is 47.1 Å². The molecule has 3 nitrogen and oxygen atoms in total. The summed E-state index contributed by atoms with van der Waals surface area (Å²) in [6.45, 7) is 3.11. The number of halogens is 1. The molecule has 0 aliphatic rings. The molecule has 0 bridgehead atoms. The average molecular weight is 322 g/mol. The Labute approximate surface area is 121 Å². The largest absolute Gasteiger partial charge is 0.469 e. The highest BCUT2D eigenvalue weighted by atomic mass is 79.9. The monoisotopic (exact) mass is 321 g/mol. The second-order valence-electron chi connectivity index (χ2n) is 4.35. The summed E-state index contributed by atoms with van der Waals surface area (Å²) in [5, 5.41) is 0.752. The number of rotatable bonds is 5. The maximum atomic E-state index is 12.4. The van der Waals surface area contributed by atoms with Gasteiger partial charge in [0.1, 0.15) is 12.0 Å². The SMILES string of the molecule is Cc1cc(C(=O)N(CCBr)Cc2ccccc2)co1. The quantitative estimate of drug-likeness (QED) is 0.788. The molecule has 0 saturated carbocycles. The number of furan rings is 1. The Hall–Kier alpha value is -1.55. The van der Waals surface area contributed by atoms with Crippen LogP contribution in [0.2, 0.25) is 0 Å². The van der Waals surface area contributed by atoms with Crippen molar-refractivity contribution < 1.29 is 9.21 Å². The zero-order chi connectivity index (χ0) is 13.7. The van der Waals surface area contributed by atoms with Crippen LogP contribution in [0.5, 0.6) is 0 Å². The lowest BCUT2D eigenvalue weighted by Crippen LogP contribution is -2.31. The molecule has 0 radical (unpaired) electrons. The van der Waals surface area contributed by atoms with E-state index in [1.165, 1.54) is 6.26 Å². The fraction of sp³-hybridized carbons (Fsp3) is 0.267. The zero-order valence-electron chi connectivity index (χ0n) is 10.8. The van der Waals surface area contributed by atoms with Gasteiger partial charge in [-0.2, -0.15) is 0 Å². The van der Waals surface area contributed by atoms with Gasteiger partial charge >= 0.3 is 0 Å². The average Bonchev–Trinajstić information content (AvgIpc) is 2.85. The van der Waals surface area contributed by atoms with E-state index in [0.29, 0.717) is 18.7 Å². The fourth-order valence-corrected chi connectivity index (χ4v) is 2.32. The van der Waals surface area contributed by atoms with E-state index in [-0.39, 0.29) is 5.91 Å². The highest BCUT2D eigenvalue weighted by molar-refractivity contribution is 9.09. The molecule has 0 atom stereocenters. The maximum Gasteiger partial charge on any atom is 0.257 e. The highest BCUT2D eigenvalue weighted by Crippen LogP contribution is 2.13. The van der Waals surface area contributed by atoms with Crippen molar-refractivity contribution in [1.82, 2.24) is 4.90 Å². The number of carbonyl (C=O) groups excluding carboxylic acids is 1. The summed E-state index contributed by atoms with van der Waals surface area (Å²) in [6.07, 6.45) is 1.52. The molecule has 1 heterocycles. The summed E-state index contributed by atoms with van der Waals surface area (Å²) in [4.78, 5) is 14.2. The van der Waals surface area contributed by atoms with Crippen LogP contribution in [0.3, 0.4) is 0 Å². The van der Waals surface area contributed by atoms with E-state index >= 15 is 0 Å². The Morgan fingerprint density at radius 2 is 2.05 bits per heavy atom. The molecule has 19 heavy (non-hydrogen) atoms. The molecule has 100 valence electrons. The fourth-order valence-electron chi connectivity index (χ4n) is 1.90. The number of hydrogen-bond donors (Lipinski definition) is 0. The lowest BCUT2D eigenvalue weighted by atomic mass is 10.2. The molecule has 0 saturated heterocycles. The van der Waals surface area contributed by atoms with E-state index < -0.39 is 0 Å². The minimum atomic E-state index is 0.000142. The first kappa shape index (κ1) is 13.9. The minimum Gasteiger partial charge on any atom is -0.469 e. The first-order valence-electron chi connectivity index (χ1n) is 6.15. The molecule has 0 N–H and O–H groups in total. The second-order valence-corrected chi connectivity index (χ2v) is 5.14. The molecule has 2 rings (SSSR count). The Balaban J connectivity index is 2.13. The Kier molecular flexibility index (Phi) is 4.80. The standard InChI is InChI=1S/C15H16BrNO2/c1-12-9-14(11-19-12)15(18)17(8-7-16)10-13-5-3-2-4-6-13/h2-6,9,11H,7-8,10H2,1H3. The van der Waals surface area contributed by atoms with Gasteiger partial charge in [0.2, 0.25) is 0 Å². The molecule has 1 aromatic carbocycles. The first-order valence-corrected chi connectivity index (χ1v) is 7.27. The summed E-state index contributed by atoms with van der Waals surface area (Å²) in [5.41, 5.74) is 1.73. The molecule has 4 heteroatoms. The van der Waals surface area contributed by atoms with E-state index in [2.05, 4.69) is 15.9 Å². The van der Waals surface area contributed by atoms with Gasteiger partial charge in [0.15, 0.2) is 0 Å². The Morgan fingerprint density at radius 3 is 2.63 bits per heavy atom. The Bertz CT molecular complexity index is 536. The second kappa shape index (κ2) is 6.57. The number of nitrogens with zero attached hydrogens (tertiary/aromatic N) is 1. The van der Waals surface area contributed by atoms with Crippen molar-refractivity contribution in [2.45, 2.75) is 13.5 Å². The van der Waals surface area contributed by atoms with Crippen LogP contribution in [-0.4, -0.2) is 22.7 Å². The van der Waals surface area contributed by atoms with Gasteiger partial charge in [-0.05, 0) is 18.6 Å². The molecular weight excluding hydrogens is 306 g/mol. The van der Waals surface area contributed by atoms with Gasteiger partial charge in [-0.3, -0.25) is 4.79 Å². The van der Waals surface area contributed by atoms with Gasteiger partial charge in [-0.15, -0.1) is 0 Å². The van der Waals surface area contributed by atoms with Crippen LogP contribution >= 0.6 is 15.9 Å². The smallest absolute Gasteiger partial charge is 0.257 e. The third-order valence-corrected chi connectivity index (χ3v) is 3.19. The molecule has 2 aromatic rings. The highest BCUT2D eigenvalue weighted by Gasteiger charge is 2.17. The van der Waals surface area contributed by atoms with Crippen LogP contribution in [-0.2, 0) is 6.54 Å². The lowest BCUT2D eigenvalue weighted by Gasteiger charge is -2.21.